The van der Waals surface area contributed by atoms with Gasteiger partial charge in [0.15, 0.2) is 0 Å². The molecule has 120 valence electrons. The van der Waals surface area contributed by atoms with Crippen LogP contribution in [-0.4, -0.2) is 11.4 Å². The molecule has 1 aromatic rings. The zero-order valence-electron chi connectivity index (χ0n) is 12.6. The molecule has 1 aliphatic heterocycles. The van der Waals surface area contributed by atoms with Crippen molar-refractivity contribution in [1.82, 2.24) is 10.6 Å². The molecule has 2 N–H and O–H groups in total. The average molecular weight is 312 g/mol. The van der Waals surface area contributed by atoms with Crippen molar-refractivity contribution < 1.29 is 18.0 Å². The van der Waals surface area contributed by atoms with Crippen LogP contribution in [0.5, 0.6) is 0 Å². The molecule has 1 atom stereocenters. The Morgan fingerprint density at radius 2 is 2.00 bits per heavy atom. The number of carbonyl (C=O) groups excluding carboxylic acids is 1. The van der Waals surface area contributed by atoms with Crippen molar-refractivity contribution in [3.63, 3.8) is 0 Å². The van der Waals surface area contributed by atoms with Crippen LogP contribution in [-0.2, 0) is 12.7 Å². The van der Waals surface area contributed by atoms with Crippen molar-refractivity contribution in [2.24, 2.45) is 0 Å². The predicted molar refractivity (Wildman–Crippen MR) is 76.4 cm³/mol. The Morgan fingerprint density at radius 1 is 1.32 bits per heavy atom. The summed E-state index contributed by atoms with van der Waals surface area (Å²) in [4.78, 5) is 11.8. The number of alkyl halides is 3. The second-order valence-electron chi connectivity index (χ2n) is 6.56. The molecule has 0 aromatic heterocycles. The summed E-state index contributed by atoms with van der Waals surface area (Å²) >= 11 is 0. The van der Waals surface area contributed by atoms with E-state index in [-0.39, 0.29) is 29.3 Å². The van der Waals surface area contributed by atoms with Gasteiger partial charge >= 0.3 is 6.18 Å². The summed E-state index contributed by atoms with van der Waals surface area (Å²) in [5.74, 6) is -0.426. The number of hydrogen-bond acceptors (Lipinski definition) is 2. The van der Waals surface area contributed by atoms with Gasteiger partial charge in [0.2, 0.25) is 0 Å². The average Bonchev–Trinajstić information content (AvgIpc) is 2.76. The van der Waals surface area contributed by atoms with Crippen LogP contribution >= 0.6 is 0 Å². The standard InChI is InChI=1S/C16H19F3N2O/c1-9(21-15(2)4-3-5-15)10-6-11-12(8-20-14(11)22)13(7-10)16(17,18)19/h6-7,9,21H,3-5,8H2,1-2H3,(H,20,22)/t9-/m0/s1. The van der Waals surface area contributed by atoms with Crippen molar-refractivity contribution in [3.8, 4) is 0 Å². The Labute approximate surface area is 127 Å². The first-order valence-electron chi connectivity index (χ1n) is 7.49. The van der Waals surface area contributed by atoms with Gasteiger partial charge in [0.05, 0.1) is 5.56 Å². The maximum absolute atomic E-state index is 13.3. The predicted octanol–water partition coefficient (Wildman–Crippen LogP) is 3.54. The van der Waals surface area contributed by atoms with E-state index in [0.717, 1.165) is 19.3 Å². The van der Waals surface area contributed by atoms with Gasteiger partial charge in [-0.1, -0.05) is 0 Å². The molecule has 3 nitrogen and oxygen atoms in total. The number of hydrogen-bond donors (Lipinski definition) is 2. The zero-order valence-corrected chi connectivity index (χ0v) is 12.6. The van der Waals surface area contributed by atoms with Crippen molar-refractivity contribution in [1.29, 1.82) is 0 Å². The molecule has 0 spiro atoms. The molecule has 3 rings (SSSR count). The highest BCUT2D eigenvalue weighted by Gasteiger charge is 2.39. The first-order valence-corrected chi connectivity index (χ1v) is 7.49. The van der Waals surface area contributed by atoms with E-state index in [0.29, 0.717) is 5.56 Å². The van der Waals surface area contributed by atoms with Gasteiger partial charge < -0.3 is 10.6 Å². The SMILES string of the molecule is C[C@H](NC1(C)CCC1)c1cc2c(c(C(F)(F)F)c1)CNC2=O. The molecule has 0 radical (unpaired) electrons. The summed E-state index contributed by atoms with van der Waals surface area (Å²) in [7, 11) is 0. The van der Waals surface area contributed by atoms with E-state index < -0.39 is 17.6 Å². The lowest BCUT2D eigenvalue weighted by Crippen LogP contribution is -2.49. The lowest BCUT2D eigenvalue weighted by atomic mass is 9.77. The highest BCUT2D eigenvalue weighted by Crippen LogP contribution is 2.38. The molecule has 1 amide bonds. The molecule has 0 unspecified atom stereocenters. The third kappa shape index (κ3) is 2.60. The normalized spacial score (nSPS) is 21.0. The van der Waals surface area contributed by atoms with Gasteiger partial charge in [0, 0.05) is 23.7 Å². The number of amides is 1. The van der Waals surface area contributed by atoms with Gasteiger partial charge in [-0.2, -0.15) is 13.2 Å². The Bertz CT molecular complexity index is 621. The smallest absolute Gasteiger partial charge is 0.348 e. The molecule has 0 saturated heterocycles. The monoisotopic (exact) mass is 312 g/mol. The fourth-order valence-electron chi connectivity index (χ4n) is 3.31. The second kappa shape index (κ2) is 4.98. The van der Waals surface area contributed by atoms with E-state index in [1.54, 1.807) is 6.07 Å². The Morgan fingerprint density at radius 3 is 2.55 bits per heavy atom. The zero-order chi connectivity index (χ0) is 16.1. The van der Waals surface area contributed by atoms with E-state index in [1.807, 2.05) is 6.92 Å². The minimum Gasteiger partial charge on any atom is -0.348 e. The minimum absolute atomic E-state index is 0.0148. The molecule has 22 heavy (non-hydrogen) atoms. The summed E-state index contributed by atoms with van der Waals surface area (Å²) < 4.78 is 39.8. The van der Waals surface area contributed by atoms with Crippen LogP contribution in [0, 0.1) is 0 Å². The van der Waals surface area contributed by atoms with Crippen LogP contribution < -0.4 is 10.6 Å². The third-order valence-corrected chi connectivity index (χ3v) is 4.77. The summed E-state index contributed by atoms with van der Waals surface area (Å²) in [6, 6.07) is 2.54. The van der Waals surface area contributed by atoms with Gasteiger partial charge in [-0.05, 0) is 56.4 Å². The summed E-state index contributed by atoms with van der Waals surface area (Å²) in [5.41, 5.74) is 0.00146. The van der Waals surface area contributed by atoms with E-state index in [9.17, 15) is 18.0 Å². The Hall–Kier alpha value is -1.56. The van der Waals surface area contributed by atoms with Crippen molar-refractivity contribution >= 4 is 5.91 Å². The van der Waals surface area contributed by atoms with Crippen LogP contribution in [0.4, 0.5) is 13.2 Å². The lowest BCUT2D eigenvalue weighted by molar-refractivity contribution is -0.138. The van der Waals surface area contributed by atoms with Crippen molar-refractivity contribution in [2.45, 2.75) is 57.4 Å². The third-order valence-electron chi connectivity index (χ3n) is 4.77. The quantitative estimate of drug-likeness (QED) is 0.896. The number of fused-ring (bicyclic) bond motifs is 1. The van der Waals surface area contributed by atoms with Crippen molar-refractivity contribution in [3.05, 3.63) is 34.4 Å². The van der Waals surface area contributed by atoms with Gasteiger partial charge in [-0.25, -0.2) is 0 Å². The molecule has 1 heterocycles. The Kier molecular flexibility index (Phi) is 3.47. The van der Waals surface area contributed by atoms with Crippen LogP contribution in [0.15, 0.2) is 12.1 Å². The van der Waals surface area contributed by atoms with Crippen LogP contribution in [0.1, 0.15) is 66.2 Å². The molecule has 1 fully saturated rings. The molecule has 1 saturated carbocycles. The molecule has 1 aliphatic carbocycles. The molecule has 2 aliphatic rings. The summed E-state index contributed by atoms with van der Waals surface area (Å²) in [5, 5.41) is 5.87. The first-order chi connectivity index (χ1) is 10.2. The lowest BCUT2D eigenvalue weighted by Gasteiger charge is -2.42. The maximum atomic E-state index is 13.3. The molecule has 6 heteroatoms. The van der Waals surface area contributed by atoms with Gasteiger partial charge in [0.25, 0.3) is 5.91 Å². The number of rotatable bonds is 3. The van der Waals surface area contributed by atoms with E-state index >= 15 is 0 Å². The maximum Gasteiger partial charge on any atom is 0.416 e. The molecule has 0 bridgehead atoms. The molecule has 1 aromatic carbocycles. The van der Waals surface area contributed by atoms with Crippen LogP contribution in [0.3, 0.4) is 0 Å². The largest absolute Gasteiger partial charge is 0.416 e. The van der Waals surface area contributed by atoms with E-state index in [2.05, 4.69) is 17.6 Å². The number of halogens is 3. The van der Waals surface area contributed by atoms with Crippen LogP contribution in [0.25, 0.3) is 0 Å². The highest BCUT2D eigenvalue weighted by atomic mass is 19.4. The number of benzene rings is 1. The van der Waals surface area contributed by atoms with Gasteiger partial charge in [0.1, 0.15) is 0 Å². The minimum atomic E-state index is -4.45. The fourth-order valence-corrected chi connectivity index (χ4v) is 3.31. The first kappa shape index (κ1) is 15.3. The second-order valence-corrected chi connectivity index (χ2v) is 6.56. The topological polar surface area (TPSA) is 41.1 Å². The van der Waals surface area contributed by atoms with E-state index in [1.165, 1.54) is 6.07 Å². The highest BCUT2D eigenvalue weighted by molar-refractivity contribution is 5.99. The van der Waals surface area contributed by atoms with Crippen molar-refractivity contribution in [2.75, 3.05) is 0 Å². The number of carbonyl (C=O) groups is 1. The summed E-state index contributed by atoms with van der Waals surface area (Å²) in [6.07, 6.45) is -1.27. The fraction of sp³-hybridized carbons (Fsp3) is 0.562. The van der Waals surface area contributed by atoms with Crippen LogP contribution in [0.2, 0.25) is 0 Å². The molecular weight excluding hydrogens is 293 g/mol. The summed E-state index contributed by atoms with van der Waals surface area (Å²) in [6.45, 7) is 3.87. The van der Waals surface area contributed by atoms with E-state index in [4.69, 9.17) is 0 Å². The number of nitrogens with one attached hydrogen (secondary N) is 2. The Balaban J connectivity index is 1.98. The van der Waals surface area contributed by atoms with Gasteiger partial charge in [-0.15, -0.1) is 0 Å². The molecular formula is C16H19F3N2O. The van der Waals surface area contributed by atoms with Gasteiger partial charge in [-0.3, -0.25) is 4.79 Å².